The molecule has 0 radical (unpaired) electrons. The lowest BCUT2D eigenvalue weighted by Crippen LogP contribution is -2.24. The van der Waals surface area contributed by atoms with Crippen LogP contribution in [0.15, 0.2) is 48.5 Å². The van der Waals surface area contributed by atoms with Gasteiger partial charge in [0.25, 0.3) is 0 Å². The van der Waals surface area contributed by atoms with Crippen LogP contribution in [0, 0.1) is 13.8 Å². The molecule has 0 atom stereocenters. The molecular weight excluding hydrogens is 308 g/mol. The zero-order valence-corrected chi connectivity index (χ0v) is 15.3. The monoisotopic (exact) mass is 332 g/mol. The van der Waals surface area contributed by atoms with Crippen LogP contribution in [0.3, 0.4) is 0 Å². The van der Waals surface area contributed by atoms with Crippen molar-refractivity contribution in [2.75, 3.05) is 18.0 Å². The van der Waals surface area contributed by atoms with Gasteiger partial charge >= 0.3 is 0 Å². The maximum Gasteiger partial charge on any atom is 0.120 e. The van der Waals surface area contributed by atoms with Crippen molar-refractivity contribution in [3.63, 3.8) is 0 Å². The molecule has 0 N–H and O–H groups in total. The zero-order valence-electron chi connectivity index (χ0n) is 15.3. The molecule has 3 aromatic rings. The Hall–Kier alpha value is -2.75. The van der Waals surface area contributed by atoms with Crippen LogP contribution in [0.2, 0.25) is 0 Å². The zero-order chi connectivity index (χ0) is 17.8. The molecule has 0 amide bonds. The minimum atomic E-state index is 0.884. The van der Waals surface area contributed by atoms with Gasteiger partial charge in [-0.25, -0.2) is 0 Å². The van der Waals surface area contributed by atoms with E-state index >= 15 is 0 Å². The summed E-state index contributed by atoms with van der Waals surface area (Å²) < 4.78 is 0. The van der Waals surface area contributed by atoms with Crippen molar-refractivity contribution in [1.29, 1.82) is 0 Å². The van der Waals surface area contributed by atoms with Crippen molar-refractivity contribution in [2.45, 2.75) is 27.7 Å². The predicted molar refractivity (Wildman–Crippen MR) is 104 cm³/mol. The third-order valence-electron chi connectivity index (χ3n) is 4.47. The number of rotatable bonds is 5. The van der Waals surface area contributed by atoms with Crippen LogP contribution in [0.25, 0.3) is 22.5 Å². The molecular formula is C21H24N4. The number of benzene rings is 2. The minimum Gasteiger partial charge on any atom is -0.368 e. The maximum atomic E-state index is 4.40. The Labute approximate surface area is 149 Å². The Morgan fingerprint density at radius 2 is 1.08 bits per heavy atom. The molecule has 0 aliphatic rings. The highest BCUT2D eigenvalue weighted by Gasteiger charge is 2.20. The molecule has 2 aromatic carbocycles. The van der Waals surface area contributed by atoms with Gasteiger partial charge in [0.1, 0.15) is 11.4 Å². The van der Waals surface area contributed by atoms with E-state index in [2.05, 4.69) is 96.5 Å². The average Bonchev–Trinajstić information content (AvgIpc) is 2.64. The van der Waals surface area contributed by atoms with E-state index in [1.54, 1.807) is 0 Å². The molecule has 0 bridgehead atoms. The molecule has 0 aliphatic carbocycles. The van der Waals surface area contributed by atoms with Crippen LogP contribution in [-0.2, 0) is 0 Å². The first-order chi connectivity index (χ1) is 12.1. The molecule has 4 heteroatoms. The standard InChI is InChI=1S/C21H24N4/c1-5-25(6-2)21-19(17-11-7-15(3)8-12-17)22-24-23-20(21)18-13-9-16(4)10-14-18/h7-14H,5-6H2,1-4H3. The summed E-state index contributed by atoms with van der Waals surface area (Å²) in [6, 6.07) is 16.8. The highest BCUT2D eigenvalue weighted by Crippen LogP contribution is 2.36. The molecule has 3 rings (SSSR count). The Morgan fingerprint density at radius 3 is 1.44 bits per heavy atom. The summed E-state index contributed by atoms with van der Waals surface area (Å²) in [4.78, 5) is 2.30. The number of aryl methyl sites for hydroxylation is 2. The molecule has 0 saturated heterocycles. The molecule has 1 aromatic heterocycles. The van der Waals surface area contributed by atoms with E-state index in [1.807, 2.05) is 0 Å². The maximum absolute atomic E-state index is 4.40. The van der Waals surface area contributed by atoms with E-state index in [4.69, 9.17) is 0 Å². The highest BCUT2D eigenvalue weighted by molar-refractivity contribution is 5.86. The van der Waals surface area contributed by atoms with Crippen LogP contribution in [0.1, 0.15) is 25.0 Å². The van der Waals surface area contributed by atoms with Gasteiger partial charge < -0.3 is 4.90 Å². The summed E-state index contributed by atoms with van der Waals surface area (Å²) in [5, 5.41) is 12.9. The molecule has 1 heterocycles. The van der Waals surface area contributed by atoms with E-state index in [-0.39, 0.29) is 0 Å². The van der Waals surface area contributed by atoms with Crippen molar-refractivity contribution >= 4 is 5.69 Å². The van der Waals surface area contributed by atoms with Gasteiger partial charge in [0.15, 0.2) is 0 Å². The second-order valence-corrected chi connectivity index (χ2v) is 6.24. The molecule has 0 unspecified atom stereocenters. The smallest absolute Gasteiger partial charge is 0.120 e. The van der Waals surface area contributed by atoms with Gasteiger partial charge in [0, 0.05) is 24.2 Å². The van der Waals surface area contributed by atoms with E-state index in [1.165, 1.54) is 11.1 Å². The van der Waals surface area contributed by atoms with Crippen LogP contribution < -0.4 is 4.90 Å². The molecule has 0 saturated carbocycles. The van der Waals surface area contributed by atoms with Crippen LogP contribution in [0.4, 0.5) is 5.69 Å². The third kappa shape index (κ3) is 3.53. The first kappa shape index (κ1) is 17.1. The second kappa shape index (κ2) is 7.43. The first-order valence-corrected chi connectivity index (χ1v) is 8.76. The van der Waals surface area contributed by atoms with E-state index in [0.717, 1.165) is 41.3 Å². The Balaban J connectivity index is 2.23. The lowest BCUT2D eigenvalue weighted by Gasteiger charge is -2.25. The van der Waals surface area contributed by atoms with Gasteiger partial charge in [-0.1, -0.05) is 59.7 Å². The van der Waals surface area contributed by atoms with Crippen LogP contribution >= 0.6 is 0 Å². The summed E-state index contributed by atoms with van der Waals surface area (Å²) >= 11 is 0. The summed E-state index contributed by atoms with van der Waals surface area (Å²) in [7, 11) is 0. The van der Waals surface area contributed by atoms with E-state index < -0.39 is 0 Å². The number of nitrogens with zero attached hydrogens (tertiary/aromatic N) is 4. The van der Waals surface area contributed by atoms with Crippen LogP contribution in [0.5, 0.6) is 0 Å². The first-order valence-electron chi connectivity index (χ1n) is 8.76. The van der Waals surface area contributed by atoms with Crippen molar-refractivity contribution < 1.29 is 0 Å². The normalized spacial score (nSPS) is 10.7. The van der Waals surface area contributed by atoms with Crippen molar-refractivity contribution in [3.8, 4) is 22.5 Å². The fraction of sp³-hybridized carbons (Fsp3) is 0.286. The second-order valence-electron chi connectivity index (χ2n) is 6.24. The van der Waals surface area contributed by atoms with E-state index in [9.17, 15) is 0 Å². The van der Waals surface area contributed by atoms with Crippen molar-refractivity contribution in [1.82, 2.24) is 15.4 Å². The number of aromatic nitrogens is 3. The average molecular weight is 332 g/mol. The van der Waals surface area contributed by atoms with Gasteiger partial charge in [-0.15, -0.1) is 10.2 Å². The lowest BCUT2D eigenvalue weighted by atomic mass is 10.0. The van der Waals surface area contributed by atoms with E-state index in [0.29, 0.717) is 0 Å². The molecule has 0 fully saturated rings. The number of hydrogen-bond acceptors (Lipinski definition) is 4. The van der Waals surface area contributed by atoms with Gasteiger partial charge in [-0.05, 0) is 32.9 Å². The Bertz CT molecular complexity index is 771. The van der Waals surface area contributed by atoms with Crippen molar-refractivity contribution in [3.05, 3.63) is 59.7 Å². The molecule has 128 valence electrons. The van der Waals surface area contributed by atoms with Gasteiger partial charge in [0.05, 0.1) is 5.69 Å². The quantitative estimate of drug-likeness (QED) is 0.681. The van der Waals surface area contributed by atoms with Gasteiger partial charge in [-0.3, -0.25) is 0 Å². The number of hydrogen-bond donors (Lipinski definition) is 0. The summed E-state index contributed by atoms with van der Waals surface area (Å²) in [6.45, 7) is 10.3. The number of anilines is 1. The predicted octanol–water partition coefficient (Wildman–Crippen LogP) is 4.67. The molecule has 0 aliphatic heterocycles. The van der Waals surface area contributed by atoms with Gasteiger partial charge in [-0.2, -0.15) is 0 Å². The van der Waals surface area contributed by atoms with Gasteiger partial charge in [0.2, 0.25) is 0 Å². The summed E-state index contributed by atoms with van der Waals surface area (Å²) in [5.41, 5.74) is 7.41. The lowest BCUT2D eigenvalue weighted by molar-refractivity contribution is 0.823. The topological polar surface area (TPSA) is 41.9 Å². The van der Waals surface area contributed by atoms with Crippen molar-refractivity contribution in [2.24, 2.45) is 0 Å². The summed E-state index contributed by atoms with van der Waals surface area (Å²) in [6.07, 6.45) is 0. The molecule has 25 heavy (non-hydrogen) atoms. The Kier molecular flexibility index (Phi) is 5.08. The fourth-order valence-electron chi connectivity index (χ4n) is 2.97. The SMILES string of the molecule is CCN(CC)c1c(-c2ccc(C)cc2)nnnc1-c1ccc(C)cc1. The largest absolute Gasteiger partial charge is 0.368 e. The fourth-order valence-corrected chi connectivity index (χ4v) is 2.97. The third-order valence-corrected chi connectivity index (χ3v) is 4.47. The minimum absolute atomic E-state index is 0.884. The highest BCUT2D eigenvalue weighted by atomic mass is 15.3. The molecule has 0 spiro atoms. The molecule has 4 nitrogen and oxygen atoms in total. The Morgan fingerprint density at radius 1 is 0.680 bits per heavy atom. The summed E-state index contributed by atoms with van der Waals surface area (Å²) in [5.74, 6) is 0. The van der Waals surface area contributed by atoms with Crippen LogP contribution in [-0.4, -0.2) is 28.5 Å².